The number of nitrogens with zero attached hydrogens (tertiary/aromatic N) is 1. The molecule has 106 valence electrons. The van der Waals surface area contributed by atoms with E-state index in [1.54, 1.807) is 12.3 Å². The van der Waals surface area contributed by atoms with E-state index in [4.69, 9.17) is 9.15 Å². The Morgan fingerprint density at radius 2 is 2.14 bits per heavy atom. The molecule has 0 spiro atoms. The van der Waals surface area contributed by atoms with Gasteiger partial charge in [-0.05, 0) is 36.2 Å². The minimum absolute atomic E-state index is 0.340. The van der Waals surface area contributed by atoms with Gasteiger partial charge in [-0.15, -0.1) is 0 Å². The van der Waals surface area contributed by atoms with Gasteiger partial charge in [-0.1, -0.05) is 6.07 Å². The zero-order valence-corrected chi connectivity index (χ0v) is 11.7. The molecule has 0 amide bonds. The van der Waals surface area contributed by atoms with Crippen molar-refractivity contribution >= 4 is 11.0 Å². The molecule has 0 N–H and O–H groups in total. The number of fused-ring (bicyclic) bond motifs is 1. The highest BCUT2D eigenvalue weighted by atomic mass is 16.5. The molecule has 0 saturated carbocycles. The summed E-state index contributed by atoms with van der Waals surface area (Å²) in [5, 5.41) is 0.925. The summed E-state index contributed by atoms with van der Waals surface area (Å²) in [6, 6.07) is 11.0. The van der Waals surface area contributed by atoms with Gasteiger partial charge in [0.1, 0.15) is 11.3 Å². The number of hydrogen-bond acceptors (Lipinski definition) is 4. The Labute approximate surface area is 122 Å². The normalized spacial score (nSPS) is 10.7. The second-order valence-electron chi connectivity index (χ2n) is 4.87. The Morgan fingerprint density at radius 1 is 1.24 bits per heavy atom. The molecule has 2 aromatic heterocycles. The fourth-order valence-corrected chi connectivity index (χ4v) is 2.23. The van der Waals surface area contributed by atoms with Crippen LogP contribution in [0.1, 0.15) is 11.1 Å². The van der Waals surface area contributed by atoms with Crippen molar-refractivity contribution in [2.24, 2.45) is 0 Å². The fraction of sp³-hybridized carbons (Fsp3) is 0.176. The maximum Gasteiger partial charge on any atom is 0.336 e. The smallest absolute Gasteiger partial charge is 0.336 e. The minimum atomic E-state index is -0.340. The van der Waals surface area contributed by atoms with E-state index in [0.717, 1.165) is 22.9 Å². The molecule has 0 aliphatic carbocycles. The van der Waals surface area contributed by atoms with Gasteiger partial charge in [-0.3, -0.25) is 4.98 Å². The third-order valence-electron chi connectivity index (χ3n) is 3.31. The van der Waals surface area contributed by atoms with Crippen LogP contribution in [0.15, 0.2) is 58.0 Å². The Morgan fingerprint density at radius 3 is 2.95 bits per heavy atom. The first kappa shape index (κ1) is 13.4. The molecule has 4 heteroatoms. The van der Waals surface area contributed by atoms with Gasteiger partial charge in [-0.25, -0.2) is 4.79 Å². The summed E-state index contributed by atoms with van der Waals surface area (Å²) in [4.78, 5) is 15.5. The molecule has 0 saturated heterocycles. The van der Waals surface area contributed by atoms with E-state index in [1.807, 2.05) is 37.4 Å². The second kappa shape index (κ2) is 5.79. The first-order valence-electron chi connectivity index (χ1n) is 6.78. The minimum Gasteiger partial charge on any atom is -0.493 e. The largest absolute Gasteiger partial charge is 0.493 e. The van der Waals surface area contributed by atoms with Crippen LogP contribution in [0.2, 0.25) is 0 Å². The highest BCUT2D eigenvalue weighted by Crippen LogP contribution is 2.22. The van der Waals surface area contributed by atoms with Gasteiger partial charge in [0.25, 0.3) is 0 Å². The van der Waals surface area contributed by atoms with Crippen LogP contribution in [0.4, 0.5) is 0 Å². The van der Waals surface area contributed by atoms with Gasteiger partial charge < -0.3 is 9.15 Å². The zero-order valence-electron chi connectivity index (χ0n) is 11.7. The lowest BCUT2D eigenvalue weighted by molar-refractivity contribution is 0.321. The van der Waals surface area contributed by atoms with Crippen molar-refractivity contribution in [3.63, 3.8) is 0 Å². The van der Waals surface area contributed by atoms with Gasteiger partial charge >= 0.3 is 5.63 Å². The third kappa shape index (κ3) is 3.11. The number of pyridine rings is 1. The van der Waals surface area contributed by atoms with E-state index < -0.39 is 0 Å². The molecule has 3 rings (SSSR count). The lowest BCUT2D eigenvalue weighted by atomic mass is 10.1. The number of rotatable bonds is 4. The summed E-state index contributed by atoms with van der Waals surface area (Å²) in [6.07, 6.45) is 4.35. The number of hydrogen-bond donors (Lipinski definition) is 0. The Hall–Kier alpha value is -2.62. The second-order valence-corrected chi connectivity index (χ2v) is 4.87. The van der Waals surface area contributed by atoms with Crippen molar-refractivity contribution in [2.45, 2.75) is 13.3 Å². The van der Waals surface area contributed by atoms with Crippen molar-refractivity contribution in [3.8, 4) is 5.75 Å². The van der Waals surface area contributed by atoms with Crippen LogP contribution in [-0.2, 0) is 6.42 Å². The number of benzene rings is 1. The Balaban J connectivity index is 1.74. The maximum atomic E-state index is 11.4. The quantitative estimate of drug-likeness (QED) is 0.689. The van der Waals surface area contributed by atoms with E-state index in [-0.39, 0.29) is 5.63 Å². The van der Waals surface area contributed by atoms with Crippen LogP contribution in [0.25, 0.3) is 11.0 Å². The molecule has 0 aliphatic rings. The van der Waals surface area contributed by atoms with Crippen molar-refractivity contribution in [1.82, 2.24) is 4.98 Å². The van der Waals surface area contributed by atoms with Crippen LogP contribution in [0, 0.1) is 6.92 Å². The van der Waals surface area contributed by atoms with Crippen molar-refractivity contribution < 1.29 is 9.15 Å². The van der Waals surface area contributed by atoms with Gasteiger partial charge in [-0.2, -0.15) is 0 Å². The molecular formula is C17H15NO3. The van der Waals surface area contributed by atoms with Crippen LogP contribution in [0.5, 0.6) is 5.75 Å². The predicted octanol–water partition coefficient (Wildman–Crippen LogP) is 3.12. The molecule has 21 heavy (non-hydrogen) atoms. The number of aryl methyl sites for hydroxylation is 1. The zero-order chi connectivity index (χ0) is 14.7. The van der Waals surface area contributed by atoms with Gasteiger partial charge in [0, 0.05) is 36.3 Å². The summed E-state index contributed by atoms with van der Waals surface area (Å²) in [6.45, 7) is 2.44. The third-order valence-corrected chi connectivity index (χ3v) is 3.31. The van der Waals surface area contributed by atoms with E-state index in [0.29, 0.717) is 17.9 Å². The summed E-state index contributed by atoms with van der Waals surface area (Å²) in [7, 11) is 0. The van der Waals surface area contributed by atoms with Crippen LogP contribution >= 0.6 is 0 Å². The van der Waals surface area contributed by atoms with Gasteiger partial charge in [0.2, 0.25) is 0 Å². The molecule has 3 aromatic rings. The van der Waals surface area contributed by atoms with Crippen LogP contribution < -0.4 is 10.4 Å². The molecule has 0 bridgehead atoms. The predicted molar refractivity (Wildman–Crippen MR) is 80.7 cm³/mol. The monoisotopic (exact) mass is 281 g/mol. The molecule has 0 fully saturated rings. The summed E-state index contributed by atoms with van der Waals surface area (Å²) >= 11 is 0. The molecule has 4 nitrogen and oxygen atoms in total. The van der Waals surface area contributed by atoms with E-state index in [1.165, 1.54) is 6.07 Å². The van der Waals surface area contributed by atoms with E-state index in [9.17, 15) is 4.79 Å². The molecule has 0 aliphatic heterocycles. The Kier molecular flexibility index (Phi) is 3.69. The van der Waals surface area contributed by atoms with Crippen molar-refractivity contribution in [2.75, 3.05) is 6.61 Å². The first-order valence-corrected chi connectivity index (χ1v) is 6.78. The van der Waals surface area contributed by atoms with E-state index >= 15 is 0 Å². The summed E-state index contributed by atoms with van der Waals surface area (Å²) < 4.78 is 10.9. The average Bonchev–Trinajstić information content (AvgIpc) is 2.48. The van der Waals surface area contributed by atoms with E-state index in [2.05, 4.69) is 4.98 Å². The fourth-order valence-electron chi connectivity index (χ4n) is 2.23. The summed E-state index contributed by atoms with van der Waals surface area (Å²) in [5.74, 6) is 0.695. The SMILES string of the molecule is Cc1cc(=O)oc2cc(OCCc3cccnc3)ccc12. The van der Waals surface area contributed by atoms with Gasteiger partial charge in [0.15, 0.2) is 0 Å². The van der Waals surface area contributed by atoms with Crippen LogP contribution in [-0.4, -0.2) is 11.6 Å². The van der Waals surface area contributed by atoms with Crippen molar-refractivity contribution in [1.29, 1.82) is 0 Å². The van der Waals surface area contributed by atoms with Gasteiger partial charge in [0.05, 0.1) is 6.61 Å². The number of aromatic nitrogens is 1. The highest BCUT2D eigenvalue weighted by Gasteiger charge is 2.04. The molecule has 0 unspecified atom stereocenters. The summed E-state index contributed by atoms with van der Waals surface area (Å²) in [5.41, 5.74) is 2.25. The standard InChI is InChI=1S/C17H15NO3/c1-12-9-17(19)21-16-10-14(4-5-15(12)16)20-8-6-13-3-2-7-18-11-13/h2-5,7,9-11H,6,8H2,1H3. The maximum absolute atomic E-state index is 11.4. The molecule has 2 heterocycles. The molecule has 0 atom stereocenters. The highest BCUT2D eigenvalue weighted by molar-refractivity contribution is 5.81. The first-order chi connectivity index (χ1) is 10.2. The van der Waals surface area contributed by atoms with Crippen molar-refractivity contribution in [3.05, 3.63) is 70.3 Å². The lowest BCUT2D eigenvalue weighted by Crippen LogP contribution is -2.02. The lowest BCUT2D eigenvalue weighted by Gasteiger charge is -2.07. The average molecular weight is 281 g/mol. The number of ether oxygens (including phenoxy) is 1. The van der Waals surface area contributed by atoms with Crippen LogP contribution in [0.3, 0.4) is 0 Å². The topological polar surface area (TPSA) is 52.3 Å². The molecule has 0 radical (unpaired) electrons. The molecule has 1 aromatic carbocycles. The molecular weight excluding hydrogens is 266 g/mol. The Bertz CT molecular complexity index is 809.